The fourth-order valence-electron chi connectivity index (χ4n) is 4.89. The summed E-state index contributed by atoms with van der Waals surface area (Å²) in [5.41, 5.74) is 1.40. The highest BCUT2D eigenvalue weighted by Gasteiger charge is 2.34. The lowest BCUT2D eigenvalue weighted by Gasteiger charge is -2.38. The molecule has 2 aromatic rings. The van der Waals surface area contributed by atoms with Crippen molar-refractivity contribution in [3.8, 4) is 5.75 Å². The van der Waals surface area contributed by atoms with Crippen LogP contribution in [-0.2, 0) is 4.79 Å². The quantitative estimate of drug-likeness (QED) is 0.635. The summed E-state index contributed by atoms with van der Waals surface area (Å²) < 4.78 is 20.6. The summed E-state index contributed by atoms with van der Waals surface area (Å²) in [6, 6.07) is 7.27. The molecule has 1 N–H and O–H groups in total. The fraction of sp³-hybridized carbons (Fsp3) is 0.583. The van der Waals surface area contributed by atoms with Crippen LogP contribution in [0.25, 0.3) is 10.9 Å². The van der Waals surface area contributed by atoms with E-state index >= 15 is 4.39 Å². The summed E-state index contributed by atoms with van der Waals surface area (Å²) in [4.78, 5) is 18.2. The summed E-state index contributed by atoms with van der Waals surface area (Å²) >= 11 is 0. The normalized spacial score (nSPS) is 23.4. The molecule has 1 saturated heterocycles. The Morgan fingerprint density at radius 3 is 2.87 bits per heavy atom. The zero-order valence-electron chi connectivity index (χ0n) is 17.6. The first kappa shape index (κ1) is 21.0. The van der Waals surface area contributed by atoms with E-state index in [9.17, 15) is 9.90 Å². The zero-order chi connectivity index (χ0) is 21.1. The van der Waals surface area contributed by atoms with Crippen molar-refractivity contribution in [2.75, 3.05) is 26.7 Å². The molecule has 0 unspecified atom stereocenters. The van der Waals surface area contributed by atoms with Crippen LogP contribution in [0, 0.1) is 17.8 Å². The average molecular weight is 415 g/mol. The number of nitrogens with zero attached hydrogens (tertiary/aromatic N) is 2. The van der Waals surface area contributed by atoms with Gasteiger partial charge in [-0.1, -0.05) is 0 Å². The van der Waals surface area contributed by atoms with Crippen molar-refractivity contribution in [3.63, 3.8) is 0 Å². The molecule has 5 nitrogen and oxygen atoms in total. The predicted molar refractivity (Wildman–Crippen MR) is 114 cm³/mol. The van der Waals surface area contributed by atoms with Crippen molar-refractivity contribution in [1.82, 2.24) is 9.88 Å². The van der Waals surface area contributed by atoms with Gasteiger partial charge >= 0.3 is 5.97 Å². The van der Waals surface area contributed by atoms with E-state index in [2.05, 4.69) is 9.88 Å². The maximum Gasteiger partial charge on any atom is 0.303 e. The molecule has 6 heteroatoms. The summed E-state index contributed by atoms with van der Waals surface area (Å²) in [7, 11) is 1.60. The maximum absolute atomic E-state index is 15.3. The number of rotatable bonds is 9. The van der Waals surface area contributed by atoms with Crippen molar-refractivity contribution in [3.05, 3.63) is 36.0 Å². The third kappa shape index (κ3) is 5.09. The number of piperidine rings is 1. The molecule has 1 saturated carbocycles. The molecule has 4 rings (SSSR count). The molecule has 2 heterocycles. The van der Waals surface area contributed by atoms with E-state index in [4.69, 9.17) is 4.74 Å². The van der Waals surface area contributed by atoms with Gasteiger partial charge in [0.05, 0.1) is 12.6 Å². The van der Waals surface area contributed by atoms with Crippen molar-refractivity contribution in [2.24, 2.45) is 17.8 Å². The second-order valence-electron chi connectivity index (χ2n) is 8.94. The summed E-state index contributed by atoms with van der Waals surface area (Å²) in [6.07, 6.45) is 5.41. The first-order chi connectivity index (χ1) is 14.5. The van der Waals surface area contributed by atoms with E-state index in [1.165, 1.54) is 12.8 Å². The number of aliphatic carboxylic acids is 1. The van der Waals surface area contributed by atoms with Gasteiger partial charge < -0.3 is 14.7 Å². The van der Waals surface area contributed by atoms with Gasteiger partial charge in [0, 0.05) is 31.1 Å². The third-order valence-electron chi connectivity index (χ3n) is 6.74. The van der Waals surface area contributed by atoms with Crippen LogP contribution in [0.4, 0.5) is 4.39 Å². The molecule has 1 aliphatic carbocycles. The third-order valence-corrected chi connectivity index (χ3v) is 6.74. The minimum absolute atomic E-state index is 0.108. The van der Waals surface area contributed by atoms with E-state index in [1.807, 2.05) is 18.2 Å². The lowest BCUT2D eigenvalue weighted by atomic mass is 9.79. The number of fused-ring (bicyclic) bond motifs is 1. The molecule has 2 aliphatic rings. The van der Waals surface area contributed by atoms with Crippen LogP contribution in [-0.4, -0.2) is 47.7 Å². The number of hydrogen-bond donors (Lipinski definition) is 1. The second-order valence-corrected chi connectivity index (χ2v) is 8.94. The number of hydrogen-bond acceptors (Lipinski definition) is 4. The first-order valence-corrected chi connectivity index (χ1v) is 11.0. The SMILES string of the molecule is COc1ccc2nccc([C@@H](F)CC[C@@H]3CCN(CC4CC4)C[C@@H]3CC(=O)O)c2c1. The van der Waals surface area contributed by atoms with Gasteiger partial charge in [-0.2, -0.15) is 0 Å². The zero-order valence-corrected chi connectivity index (χ0v) is 17.6. The largest absolute Gasteiger partial charge is 0.497 e. The second kappa shape index (κ2) is 9.29. The Kier molecular flexibility index (Phi) is 6.52. The van der Waals surface area contributed by atoms with Gasteiger partial charge in [-0.05, 0) is 86.2 Å². The molecule has 162 valence electrons. The number of carboxylic acids is 1. The van der Waals surface area contributed by atoms with Gasteiger partial charge in [-0.25, -0.2) is 4.39 Å². The molecule has 3 atom stereocenters. The van der Waals surface area contributed by atoms with Gasteiger partial charge in [-0.3, -0.25) is 9.78 Å². The molecule has 2 fully saturated rings. The van der Waals surface area contributed by atoms with E-state index in [0.717, 1.165) is 42.9 Å². The van der Waals surface area contributed by atoms with Crippen molar-refractivity contribution < 1.29 is 19.0 Å². The lowest BCUT2D eigenvalue weighted by molar-refractivity contribution is -0.139. The molecule has 30 heavy (non-hydrogen) atoms. The summed E-state index contributed by atoms with van der Waals surface area (Å²) in [5.74, 6) is 1.11. The molecule has 1 aromatic carbocycles. The molecule has 1 aromatic heterocycles. The molecule has 1 aliphatic heterocycles. The van der Waals surface area contributed by atoms with Gasteiger partial charge in [-0.15, -0.1) is 0 Å². The number of carbonyl (C=O) groups is 1. The van der Waals surface area contributed by atoms with Crippen LogP contribution < -0.4 is 4.74 Å². The highest BCUT2D eigenvalue weighted by Crippen LogP contribution is 2.37. The Morgan fingerprint density at radius 2 is 2.13 bits per heavy atom. The Hall–Kier alpha value is -2.21. The van der Waals surface area contributed by atoms with Crippen LogP contribution in [0.5, 0.6) is 5.75 Å². The molecule has 0 radical (unpaired) electrons. The highest BCUT2D eigenvalue weighted by molar-refractivity contribution is 5.83. The number of likely N-dealkylation sites (tertiary alicyclic amines) is 1. The van der Waals surface area contributed by atoms with Gasteiger partial charge in [0.1, 0.15) is 11.9 Å². The molecular formula is C24H31FN2O3. The molecule has 0 spiro atoms. The van der Waals surface area contributed by atoms with E-state index in [-0.39, 0.29) is 18.3 Å². The Balaban J connectivity index is 1.42. The standard InChI is InChI=1S/C24H31FN2O3/c1-30-19-5-7-23-21(13-19)20(8-10-26-23)22(25)6-4-17-9-11-27(14-16-2-3-16)15-18(17)12-24(28)29/h5,7-8,10,13,16-18,22H,2-4,6,9,11-12,14-15H2,1H3,(H,28,29)/t17-,18+,22+/m1/s1. The number of benzene rings is 1. The number of alkyl halides is 1. The number of pyridine rings is 1. The lowest BCUT2D eigenvalue weighted by Crippen LogP contribution is -2.42. The molecular weight excluding hydrogens is 383 g/mol. The van der Waals surface area contributed by atoms with Gasteiger partial charge in [0.2, 0.25) is 0 Å². The van der Waals surface area contributed by atoms with Crippen molar-refractivity contribution in [1.29, 1.82) is 0 Å². The molecule has 0 amide bonds. The van der Waals surface area contributed by atoms with E-state index in [0.29, 0.717) is 24.2 Å². The minimum atomic E-state index is -1.10. The van der Waals surface area contributed by atoms with Gasteiger partial charge in [0.25, 0.3) is 0 Å². The van der Waals surface area contributed by atoms with Crippen LogP contribution in [0.2, 0.25) is 0 Å². The number of halogens is 1. The predicted octanol–water partition coefficient (Wildman–Crippen LogP) is 4.86. The number of ether oxygens (including phenoxy) is 1. The highest BCUT2D eigenvalue weighted by atomic mass is 19.1. The van der Waals surface area contributed by atoms with Crippen molar-refractivity contribution >= 4 is 16.9 Å². The average Bonchev–Trinajstić information content (AvgIpc) is 3.55. The van der Waals surface area contributed by atoms with Crippen LogP contribution in [0.1, 0.15) is 50.3 Å². The Labute approximate surface area is 177 Å². The van der Waals surface area contributed by atoms with Crippen molar-refractivity contribution in [2.45, 2.75) is 44.7 Å². The maximum atomic E-state index is 15.3. The number of aromatic nitrogens is 1. The minimum Gasteiger partial charge on any atom is -0.497 e. The van der Waals surface area contributed by atoms with E-state index in [1.54, 1.807) is 19.4 Å². The fourth-order valence-corrected chi connectivity index (χ4v) is 4.89. The number of carboxylic acid groups (broad SMARTS) is 1. The smallest absolute Gasteiger partial charge is 0.303 e. The Morgan fingerprint density at radius 1 is 1.30 bits per heavy atom. The number of methoxy groups -OCH3 is 1. The Bertz CT molecular complexity index is 886. The summed E-state index contributed by atoms with van der Waals surface area (Å²) in [6.45, 7) is 2.93. The van der Waals surface area contributed by atoms with Gasteiger partial charge in [0.15, 0.2) is 0 Å². The van der Waals surface area contributed by atoms with Crippen LogP contribution >= 0.6 is 0 Å². The molecule has 0 bridgehead atoms. The van der Waals surface area contributed by atoms with Crippen LogP contribution in [0.3, 0.4) is 0 Å². The monoisotopic (exact) mass is 414 g/mol. The first-order valence-electron chi connectivity index (χ1n) is 11.0. The summed E-state index contributed by atoms with van der Waals surface area (Å²) in [5, 5.41) is 10.2. The topological polar surface area (TPSA) is 62.7 Å². The van der Waals surface area contributed by atoms with Crippen LogP contribution in [0.15, 0.2) is 30.5 Å². The van der Waals surface area contributed by atoms with E-state index < -0.39 is 12.1 Å².